The maximum absolute atomic E-state index is 14.0. The summed E-state index contributed by atoms with van der Waals surface area (Å²) in [5.74, 6) is 0.0818. The molecule has 0 fully saturated rings. The van der Waals surface area contributed by atoms with Gasteiger partial charge in [0.05, 0.1) is 28.3 Å². The molecule has 11 heteroatoms. The highest BCUT2D eigenvalue weighted by molar-refractivity contribution is 7.12. The summed E-state index contributed by atoms with van der Waals surface area (Å²) in [6.45, 7) is 3.42. The van der Waals surface area contributed by atoms with Crippen LogP contribution in [0.1, 0.15) is 22.7 Å². The summed E-state index contributed by atoms with van der Waals surface area (Å²) in [5, 5.41) is 21.1. The van der Waals surface area contributed by atoms with E-state index < -0.39 is 5.63 Å². The summed E-state index contributed by atoms with van der Waals surface area (Å²) in [6, 6.07) is 20.2. The average Bonchev–Trinajstić information content (AvgIpc) is 3.65. The predicted molar refractivity (Wildman–Crippen MR) is 159 cm³/mol. The standard InChI is InChI=1S/C30H24ClN5O4S/c1-17-14-24(36(33-17)30-32-23(16-41-30)27-25(37)15-18(2)40-29(27)39)26-22(13-10-19-8-11-20(31)12-9-19)34-35(28(26)38)21-6-4-3-5-7-21/h3-9,11-12,14-16,34,37H,10,13H2,1-2H3. The highest BCUT2D eigenvalue weighted by Gasteiger charge is 2.24. The van der Waals surface area contributed by atoms with Crippen LogP contribution in [0.3, 0.4) is 0 Å². The minimum atomic E-state index is -0.683. The lowest BCUT2D eigenvalue weighted by Gasteiger charge is -2.06. The summed E-state index contributed by atoms with van der Waals surface area (Å²) in [7, 11) is 0. The highest BCUT2D eigenvalue weighted by atomic mass is 35.5. The van der Waals surface area contributed by atoms with E-state index in [2.05, 4.69) is 15.2 Å². The van der Waals surface area contributed by atoms with Gasteiger partial charge in [0.15, 0.2) is 0 Å². The molecule has 4 aromatic heterocycles. The first-order chi connectivity index (χ1) is 19.8. The molecule has 9 nitrogen and oxygen atoms in total. The van der Waals surface area contributed by atoms with E-state index in [0.29, 0.717) is 51.4 Å². The Morgan fingerprint density at radius 2 is 1.76 bits per heavy atom. The molecule has 6 rings (SSSR count). The van der Waals surface area contributed by atoms with Crippen molar-refractivity contribution in [1.82, 2.24) is 24.5 Å². The van der Waals surface area contributed by atoms with Crippen molar-refractivity contribution in [3.8, 4) is 39.1 Å². The minimum Gasteiger partial charge on any atom is -0.507 e. The molecule has 2 aromatic carbocycles. The normalized spacial score (nSPS) is 11.3. The second-order valence-corrected chi connectivity index (χ2v) is 10.8. The van der Waals surface area contributed by atoms with E-state index >= 15 is 0 Å². The summed E-state index contributed by atoms with van der Waals surface area (Å²) < 4.78 is 8.30. The topological polar surface area (TPSA) is 119 Å². The van der Waals surface area contributed by atoms with Gasteiger partial charge in [0.2, 0.25) is 5.13 Å². The van der Waals surface area contributed by atoms with Gasteiger partial charge in [-0.15, -0.1) is 11.3 Å². The zero-order valence-corrected chi connectivity index (χ0v) is 23.7. The van der Waals surface area contributed by atoms with Gasteiger partial charge in [-0.05, 0) is 62.6 Å². The first kappa shape index (κ1) is 26.5. The van der Waals surface area contributed by atoms with E-state index in [1.807, 2.05) is 67.6 Å². The smallest absolute Gasteiger partial charge is 0.349 e. The molecule has 0 amide bonds. The van der Waals surface area contributed by atoms with Crippen molar-refractivity contribution in [3.05, 3.63) is 121 Å². The number of aromatic hydroxyl groups is 1. The van der Waals surface area contributed by atoms with Crippen LogP contribution in [0.5, 0.6) is 5.75 Å². The molecule has 0 aliphatic heterocycles. The van der Waals surface area contributed by atoms with Crippen molar-refractivity contribution in [2.75, 3.05) is 0 Å². The van der Waals surface area contributed by atoms with Crippen LogP contribution in [0, 0.1) is 13.8 Å². The van der Waals surface area contributed by atoms with Gasteiger partial charge in [-0.2, -0.15) is 5.10 Å². The Morgan fingerprint density at radius 3 is 2.49 bits per heavy atom. The van der Waals surface area contributed by atoms with Gasteiger partial charge < -0.3 is 9.52 Å². The Morgan fingerprint density at radius 1 is 1.00 bits per heavy atom. The molecule has 0 aliphatic carbocycles. The SMILES string of the molecule is Cc1cc(-c2c(CCc3ccc(Cl)cc3)[nH]n(-c3ccccc3)c2=O)n(-c2nc(-c3c(O)cc(C)oc3=O)cs2)n1. The largest absolute Gasteiger partial charge is 0.507 e. The van der Waals surface area contributed by atoms with Crippen molar-refractivity contribution in [1.29, 1.82) is 0 Å². The lowest BCUT2D eigenvalue weighted by Crippen LogP contribution is -2.16. The Hall–Kier alpha value is -4.67. The second kappa shape index (κ2) is 10.7. The summed E-state index contributed by atoms with van der Waals surface area (Å²) >= 11 is 7.30. The van der Waals surface area contributed by atoms with E-state index in [-0.39, 0.29) is 22.6 Å². The number of aromatic amines is 1. The third-order valence-corrected chi connectivity index (χ3v) is 7.70. The number of rotatable bonds is 7. The summed E-state index contributed by atoms with van der Waals surface area (Å²) in [5.41, 5.74) is 3.57. The van der Waals surface area contributed by atoms with E-state index in [9.17, 15) is 14.7 Å². The number of benzene rings is 2. The maximum atomic E-state index is 14.0. The van der Waals surface area contributed by atoms with Crippen LogP contribution in [0.2, 0.25) is 5.02 Å². The molecule has 6 aromatic rings. The maximum Gasteiger partial charge on any atom is 0.349 e. The zero-order chi connectivity index (χ0) is 28.7. The van der Waals surface area contributed by atoms with Gasteiger partial charge >= 0.3 is 5.63 Å². The van der Waals surface area contributed by atoms with Crippen molar-refractivity contribution >= 4 is 22.9 Å². The number of para-hydroxylation sites is 1. The number of hydrogen-bond donors (Lipinski definition) is 2. The van der Waals surface area contributed by atoms with Crippen LogP contribution in [-0.4, -0.2) is 29.7 Å². The van der Waals surface area contributed by atoms with Crippen molar-refractivity contribution in [3.63, 3.8) is 0 Å². The lowest BCUT2D eigenvalue weighted by atomic mass is 10.0. The molecule has 41 heavy (non-hydrogen) atoms. The molecule has 0 radical (unpaired) electrons. The first-order valence-corrected chi connectivity index (χ1v) is 14.0. The molecule has 4 heterocycles. The van der Waals surface area contributed by atoms with Gasteiger partial charge in [-0.3, -0.25) is 9.89 Å². The van der Waals surface area contributed by atoms with Gasteiger partial charge in [0, 0.05) is 22.2 Å². The molecule has 2 N–H and O–H groups in total. The van der Waals surface area contributed by atoms with Crippen LogP contribution in [0.25, 0.3) is 33.3 Å². The number of hydrogen-bond acceptors (Lipinski definition) is 7. The molecule has 0 aliphatic rings. The second-order valence-electron chi connectivity index (χ2n) is 9.57. The molecule has 0 bridgehead atoms. The Kier molecular flexibility index (Phi) is 6.94. The fourth-order valence-corrected chi connectivity index (χ4v) is 5.64. The zero-order valence-electron chi connectivity index (χ0n) is 22.1. The number of H-pyrrole nitrogens is 1. The number of thiazole rings is 1. The van der Waals surface area contributed by atoms with Crippen LogP contribution < -0.4 is 11.2 Å². The molecular formula is C30H24ClN5O4S. The van der Waals surface area contributed by atoms with Gasteiger partial charge in [-0.25, -0.2) is 19.1 Å². The monoisotopic (exact) mass is 585 g/mol. The number of aromatic nitrogens is 5. The number of aryl methyl sites for hydroxylation is 4. The quantitative estimate of drug-likeness (QED) is 0.242. The molecule has 0 atom stereocenters. The van der Waals surface area contributed by atoms with Crippen LogP contribution in [0.4, 0.5) is 0 Å². The molecular weight excluding hydrogens is 562 g/mol. The van der Waals surface area contributed by atoms with Crippen LogP contribution in [0.15, 0.2) is 86.1 Å². The van der Waals surface area contributed by atoms with Crippen molar-refractivity contribution in [2.24, 2.45) is 0 Å². The third-order valence-electron chi connectivity index (χ3n) is 6.63. The van der Waals surface area contributed by atoms with Gasteiger partial charge in [0.25, 0.3) is 5.56 Å². The van der Waals surface area contributed by atoms with Gasteiger partial charge in [0.1, 0.15) is 17.1 Å². The molecule has 0 saturated carbocycles. The molecule has 0 saturated heterocycles. The number of nitrogens with zero attached hydrogens (tertiary/aromatic N) is 4. The van der Waals surface area contributed by atoms with Crippen LogP contribution >= 0.6 is 22.9 Å². The van der Waals surface area contributed by atoms with Gasteiger partial charge in [-0.1, -0.05) is 41.9 Å². The van der Waals surface area contributed by atoms with Crippen molar-refractivity contribution < 1.29 is 9.52 Å². The third kappa shape index (κ3) is 5.15. The summed E-state index contributed by atoms with van der Waals surface area (Å²) in [6.07, 6.45) is 1.23. The lowest BCUT2D eigenvalue weighted by molar-refractivity contribution is 0.438. The Balaban J connectivity index is 1.46. The molecule has 0 spiro atoms. The molecule has 206 valence electrons. The van der Waals surface area contributed by atoms with E-state index in [0.717, 1.165) is 11.3 Å². The minimum absolute atomic E-state index is 0.0275. The summed E-state index contributed by atoms with van der Waals surface area (Å²) in [4.78, 5) is 31.0. The predicted octanol–water partition coefficient (Wildman–Crippen LogP) is 5.86. The average molecular weight is 586 g/mol. The number of nitrogens with one attached hydrogen (secondary N) is 1. The van der Waals surface area contributed by atoms with E-state index in [1.54, 1.807) is 17.0 Å². The number of halogens is 1. The first-order valence-electron chi connectivity index (χ1n) is 12.8. The van der Waals surface area contributed by atoms with Crippen LogP contribution in [-0.2, 0) is 12.8 Å². The highest BCUT2D eigenvalue weighted by Crippen LogP contribution is 2.32. The molecule has 0 unspecified atom stereocenters. The Labute approximate surface area is 242 Å². The van der Waals surface area contributed by atoms with Crippen molar-refractivity contribution in [2.45, 2.75) is 26.7 Å². The fraction of sp³-hybridized carbons (Fsp3) is 0.133. The Bertz CT molecular complexity index is 1980. The van der Waals surface area contributed by atoms with E-state index in [4.69, 9.17) is 16.0 Å². The fourth-order valence-electron chi connectivity index (χ4n) is 4.74. The van der Waals surface area contributed by atoms with E-state index in [1.165, 1.54) is 22.1 Å².